The highest BCUT2D eigenvalue weighted by Gasteiger charge is 2.18. The molecule has 0 atom stereocenters. The molecule has 22 heavy (non-hydrogen) atoms. The Hall–Kier alpha value is -2.37. The van der Waals surface area contributed by atoms with E-state index in [-0.39, 0.29) is 17.2 Å². The summed E-state index contributed by atoms with van der Waals surface area (Å²) < 4.78 is 5.67. The summed E-state index contributed by atoms with van der Waals surface area (Å²) in [4.78, 5) is 15.8. The molecule has 2 rings (SSSR count). The van der Waals surface area contributed by atoms with Crippen molar-refractivity contribution in [3.8, 4) is 0 Å². The predicted molar refractivity (Wildman–Crippen MR) is 86.2 cm³/mol. The van der Waals surface area contributed by atoms with Gasteiger partial charge in [0, 0.05) is 23.5 Å². The van der Waals surface area contributed by atoms with E-state index in [4.69, 9.17) is 4.42 Å². The molecular formula is C16H22N4O2. The van der Waals surface area contributed by atoms with Crippen LogP contribution >= 0.6 is 0 Å². The summed E-state index contributed by atoms with van der Waals surface area (Å²) >= 11 is 0. The second kappa shape index (κ2) is 6.17. The van der Waals surface area contributed by atoms with Gasteiger partial charge in [0.1, 0.15) is 5.76 Å². The Morgan fingerprint density at radius 3 is 2.68 bits per heavy atom. The first-order valence-electron chi connectivity index (χ1n) is 7.26. The Labute approximate surface area is 130 Å². The zero-order valence-corrected chi connectivity index (χ0v) is 13.6. The fourth-order valence-electron chi connectivity index (χ4n) is 1.63. The molecule has 0 aromatic carbocycles. The number of anilines is 1. The molecule has 0 fully saturated rings. The molecule has 118 valence electrons. The second-order valence-corrected chi connectivity index (χ2v) is 6.50. The average molecular weight is 302 g/mol. The maximum atomic E-state index is 11.6. The lowest BCUT2D eigenvalue weighted by Crippen LogP contribution is -2.17. The summed E-state index contributed by atoms with van der Waals surface area (Å²) in [5, 5.41) is 9.60. The van der Waals surface area contributed by atoms with Crippen LogP contribution in [0.5, 0.6) is 0 Å². The minimum absolute atomic E-state index is 0.0652. The van der Waals surface area contributed by atoms with E-state index in [1.807, 2.05) is 13.8 Å². The van der Waals surface area contributed by atoms with Crippen LogP contribution in [-0.4, -0.2) is 21.1 Å². The van der Waals surface area contributed by atoms with Gasteiger partial charge in [0.05, 0.1) is 11.9 Å². The van der Waals surface area contributed by atoms with Gasteiger partial charge < -0.3 is 9.73 Å². The van der Waals surface area contributed by atoms with Crippen molar-refractivity contribution in [2.75, 3.05) is 5.32 Å². The highest BCUT2D eigenvalue weighted by Crippen LogP contribution is 2.23. The van der Waals surface area contributed by atoms with Crippen molar-refractivity contribution < 1.29 is 9.21 Å². The van der Waals surface area contributed by atoms with E-state index >= 15 is 0 Å². The Bertz CT molecular complexity index is 674. The topological polar surface area (TPSA) is 83.8 Å². The van der Waals surface area contributed by atoms with Crippen LogP contribution in [0.25, 0.3) is 12.2 Å². The fourth-order valence-corrected chi connectivity index (χ4v) is 1.63. The SMILES string of the molecule is CC(C)C(=O)Nc1cc(C=Cc2ncc(C(C)(C)C)o2)[nH]n1. The van der Waals surface area contributed by atoms with Gasteiger partial charge >= 0.3 is 0 Å². The maximum absolute atomic E-state index is 11.6. The van der Waals surface area contributed by atoms with E-state index in [2.05, 4.69) is 41.3 Å². The highest BCUT2D eigenvalue weighted by atomic mass is 16.4. The molecule has 0 bridgehead atoms. The number of carbonyl (C=O) groups excluding carboxylic acids is 1. The van der Waals surface area contributed by atoms with Gasteiger partial charge in [-0.3, -0.25) is 9.89 Å². The first kappa shape index (κ1) is 16.0. The lowest BCUT2D eigenvalue weighted by Gasteiger charge is -2.12. The molecule has 0 radical (unpaired) electrons. The average Bonchev–Trinajstić information content (AvgIpc) is 3.04. The molecule has 0 aliphatic rings. The number of hydrogen-bond acceptors (Lipinski definition) is 4. The number of amides is 1. The van der Waals surface area contributed by atoms with E-state index in [0.717, 1.165) is 11.5 Å². The summed E-state index contributed by atoms with van der Waals surface area (Å²) in [6.07, 6.45) is 5.30. The van der Waals surface area contributed by atoms with Crippen LogP contribution in [0.4, 0.5) is 5.82 Å². The van der Waals surface area contributed by atoms with Crippen molar-refractivity contribution in [3.05, 3.63) is 29.6 Å². The first-order valence-corrected chi connectivity index (χ1v) is 7.26. The van der Waals surface area contributed by atoms with Crippen LogP contribution in [-0.2, 0) is 10.2 Å². The van der Waals surface area contributed by atoms with Crippen molar-refractivity contribution >= 4 is 23.9 Å². The molecule has 0 saturated carbocycles. The molecule has 6 nitrogen and oxygen atoms in total. The van der Waals surface area contributed by atoms with E-state index in [1.165, 1.54) is 0 Å². The van der Waals surface area contributed by atoms with Gasteiger partial charge in [0.15, 0.2) is 5.82 Å². The molecule has 1 amide bonds. The van der Waals surface area contributed by atoms with Gasteiger partial charge in [-0.25, -0.2) is 4.98 Å². The first-order chi connectivity index (χ1) is 10.3. The molecule has 2 N–H and O–H groups in total. The van der Waals surface area contributed by atoms with Crippen LogP contribution < -0.4 is 5.32 Å². The Kier molecular flexibility index (Phi) is 4.49. The number of rotatable bonds is 4. The molecule has 2 aromatic rings. The number of H-pyrrole nitrogens is 1. The monoisotopic (exact) mass is 302 g/mol. The lowest BCUT2D eigenvalue weighted by atomic mass is 9.94. The number of aromatic amines is 1. The zero-order valence-electron chi connectivity index (χ0n) is 13.6. The van der Waals surface area contributed by atoms with Gasteiger partial charge in [-0.2, -0.15) is 5.10 Å². The number of aromatic nitrogens is 3. The molecular weight excluding hydrogens is 280 g/mol. The standard InChI is InChI=1S/C16H22N4O2/c1-10(2)15(21)18-13-8-11(19-20-13)6-7-14-17-9-12(22-14)16(3,4)5/h6-10H,1-5H3,(H2,18,19,20,21). The largest absolute Gasteiger partial charge is 0.441 e. The van der Waals surface area contributed by atoms with E-state index < -0.39 is 0 Å². The quantitative estimate of drug-likeness (QED) is 0.906. The number of nitrogens with one attached hydrogen (secondary N) is 2. The lowest BCUT2D eigenvalue weighted by molar-refractivity contribution is -0.118. The maximum Gasteiger partial charge on any atom is 0.228 e. The van der Waals surface area contributed by atoms with Gasteiger partial charge in [-0.05, 0) is 6.08 Å². The van der Waals surface area contributed by atoms with Crippen molar-refractivity contribution in [1.29, 1.82) is 0 Å². The van der Waals surface area contributed by atoms with Crippen LogP contribution in [0.2, 0.25) is 0 Å². The fraction of sp³-hybridized carbons (Fsp3) is 0.438. The third-order valence-electron chi connectivity index (χ3n) is 3.04. The summed E-state index contributed by atoms with van der Waals surface area (Å²) in [6.45, 7) is 9.87. The summed E-state index contributed by atoms with van der Waals surface area (Å²) in [5.41, 5.74) is 0.691. The molecule has 0 spiro atoms. The van der Waals surface area contributed by atoms with Crippen molar-refractivity contribution in [2.45, 2.75) is 40.0 Å². The minimum atomic E-state index is -0.0844. The molecule has 0 aliphatic heterocycles. The zero-order chi connectivity index (χ0) is 16.3. The van der Waals surface area contributed by atoms with Gasteiger partial charge in [0.2, 0.25) is 11.8 Å². The summed E-state index contributed by atoms with van der Waals surface area (Å²) in [7, 11) is 0. The number of hydrogen-bond donors (Lipinski definition) is 2. The normalized spacial score (nSPS) is 12.3. The molecule has 0 unspecified atom stereocenters. The van der Waals surface area contributed by atoms with E-state index in [0.29, 0.717) is 11.7 Å². The molecule has 0 aliphatic carbocycles. The summed E-state index contributed by atoms with van der Waals surface area (Å²) in [5.74, 6) is 1.72. The number of oxazole rings is 1. The van der Waals surface area contributed by atoms with E-state index in [9.17, 15) is 4.79 Å². The Balaban J connectivity index is 2.03. The molecule has 2 heterocycles. The Morgan fingerprint density at radius 1 is 1.36 bits per heavy atom. The second-order valence-electron chi connectivity index (χ2n) is 6.50. The molecule has 6 heteroatoms. The number of nitrogens with zero attached hydrogens (tertiary/aromatic N) is 2. The molecule has 2 aromatic heterocycles. The molecule has 0 saturated heterocycles. The van der Waals surface area contributed by atoms with Crippen LogP contribution in [0, 0.1) is 5.92 Å². The number of carbonyl (C=O) groups is 1. The van der Waals surface area contributed by atoms with Crippen molar-refractivity contribution in [3.63, 3.8) is 0 Å². The Morgan fingerprint density at radius 2 is 2.09 bits per heavy atom. The van der Waals surface area contributed by atoms with Gasteiger partial charge in [-0.1, -0.05) is 34.6 Å². The van der Waals surface area contributed by atoms with Crippen LogP contribution in [0.15, 0.2) is 16.7 Å². The third-order valence-corrected chi connectivity index (χ3v) is 3.04. The third kappa shape index (κ3) is 4.07. The smallest absolute Gasteiger partial charge is 0.228 e. The van der Waals surface area contributed by atoms with Crippen molar-refractivity contribution in [2.24, 2.45) is 5.92 Å². The highest BCUT2D eigenvalue weighted by molar-refractivity contribution is 5.91. The van der Waals surface area contributed by atoms with Crippen LogP contribution in [0.3, 0.4) is 0 Å². The summed E-state index contributed by atoms with van der Waals surface area (Å²) in [6, 6.07) is 1.75. The van der Waals surface area contributed by atoms with Gasteiger partial charge in [0.25, 0.3) is 0 Å². The predicted octanol–water partition coefficient (Wildman–Crippen LogP) is 3.46. The minimum Gasteiger partial charge on any atom is -0.441 e. The van der Waals surface area contributed by atoms with Gasteiger partial charge in [-0.15, -0.1) is 0 Å². The van der Waals surface area contributed by atoms with Crippen LogP contribution in [0.1, 0.15) is 52.0 Å². The van der Waals surface area contributed by atoms with Crippen molar-refractivity contribution in [1.82, 2.24) is 15.2 Å². The van der Waals surface area contributed by atoms with E-state index in [1.54, 1.807) is 24.4 Å².